The molecule has 6 rings (SSSR count). The van der Waals surface area contributed by atoms with E-state index in [1.54, 1.807) is 17.8 Å². The number of hydrogen-bond donors (Lipinski definition) is 2. The molecule has 0 spiro atoms. The first-order valence-electron chi connectivity index (χ1n) is 13.6. The van der Waals surface area contributed by atoms with Gasteiger partial charge in [0.1, 0.15) is 22.7 Å². The number of aromatic nitrogens is 3. The van der Waals surface area contributed by atoms with Crippen LogP contribution in [0.3, 0.4) is 0 Å². The van der Waals surface area contributed by atoms with Gasteiger partial charge < -0.3 is 24.6 Å². The number of nitrogens with zero attached hydrogens (tertiary/aromatic N) is 3. The second kappa shape index (κ2) is 10.4. The van der Waals surface area contributed by atoms with Crippen molar-refractivity contribution in [1.82, 2.24) is 20.1 Å². The Kier molecular flexibility index (Phi) is 6.95. The molecule has 2 aromatic heterocycles. The molecule has 226 valence electrons. The summed E-state index contributed by atoms with van der Waals surface area (Å²) in [6, 6.07) is 8.03. The molecule has 9 nitrogen and oxygen atoms in total. The molecule has 43 heavy (non-hydrogen) atoms. The highest BCUT2D eigenvalue weighted by atomic mass is 19.4. The van der Waals surface area contributed by atoms with Crippen molar-refractivity contribution in [2.75, 3.05) is 27.4 Å². The predicted octanol–water partition coefficient (Wildman–Crippen LogP) is 5.27. The molecule has 13 heteroatoms. The van der Waals surface area contributed by atoms with Crippen LogP contribution < -0.4 is 19.5 Å². The second-order valence-electron chi connectivity index (χ2n) is 10.8. The standard InChI is InChI=1S/C30H28F4N4O5/c1-15-13-43-27-20(15)11-24(36-26(27)16-4-7-21(31)22(9-16)41-2)29(40,30(32,33)34)14-35-28(39)17-8-18-12-38(19-5-6-19)37-25(18)23(10-17)42-3/h4,7-12,15,19,40H,5-6,13-14H2,1-3H3,(H,35,39)/t15-,29-/m1/s1. The molecule has 3 heterocycles. The summed E-state index contributed by atoms with van der Waals surface area (Å²) in [7, 11) is 2.67. The lowest BCUT2D eigenvalue weighted by atomic mass is 9.92. The molecular formula is C30H28F4N4O5. The average molecular weight is 601 g/mol. The van der Waals surface area contributed by atoms with Gasteiger partial charge in [-0.25, -0.2) is 9.37 Å². The fourth-order valence-corrected chi connectivity index (χ4v) is 5.16. The SMILES string of the molecule is COc1cc(-c2nc([C@](O)(CNC(=O)c3cc(OC)c4nn(C5CC5)cc4c3)C(F)(F)F)cc3c2OC[C@H]3C)ccc1F. The zero-order valence-corrected chi connectivity index (χ0v) is 23.5. The number of nitrogens with one attached hydrogen (secondary N) is 1. The number of ether oxygens (including phenoxy) is 3. The molecule has 4 aromatic rings. The molecule has 1 aliphatic carbocycles. The van der Waals surface area contributed by atoms with Crippen LogP contribution in [0.2, 0.25) is 0 Å². The van der Waals surface area contributed by atoms with Gasteiger partial charge in [-0.05, 0) is 49.2 Å². The Morgan fingerprint density at radius 2 is 1.88 bits per heavy atom. The zero-order valence-electron chi connectivity index (χ0n) is 23.5. The highest BCUT2D eigenvalue weighted by Crippen LogP contribution is 2.46. The summed E-state index contributed by atoms with van der Waals surface area (Å²) in [5, 5.41) is 18.6. The van der Waals surface area contributed by atoms with Crippen molar-refractivity contribution >= 4 is 16.8 Å². The lowest BCUT2D eigenvalue weighted by Gasteiger charge is -2.31. The van der Waals surface area contributed by atoms with E-state index in [1.165, 1.54) is 38.5 Å². The highest BCUT2D eigenvalue weighted by molar-refractivity contribution is 6.00. The number of carbonyl (C=O) groups is 1. The molecule has 0 saturated heterocycles. The van der Waals surface area contributed by atoms with Crippen LogP contribution in [0, 0.1) is 5.82 Å². The van der Waals surface area contributed by atoms with E-state index in [1.807, 2.05) is 0 Å². The van der Waals surface area contributed by atoms with Crippen molar-refractivity contribution in [3.8, 4) is 28.5 Å². The van der Waals surface area contributed by atoms with Crippen LogP contribution in [0.4, 0.5) is 17.6 Å². The fourth-order valence-electron chi connectivity index (χ4n) is 5.16. The Hall–Kier alpha value is -4.39. The van der Waals surface area contributed by atoms with Crippen molar-refractivity contribution in [3.63, 3.8) is 0 Å². The summed E-state index contributed by atoms with van der Waals surface area (Å²) in [6.07, 6.45) is -1.51. The molecule has 0 radical (unpaired) electrons. The Bertz CT molecular complexity index is 1740. The van der Waals surface area contributed by atoms with Crippen molar-refractivity contribution in [3.05, 3.63) is 65.2 Å². The number of methoxy groups -OCH3 is 2. The number of benzene rings is 2. The van der Waals surface area contributed by atoms with Crippen LogP contribution >= 0.6 is 0 Å². The number of rotatable bonds is 8. The summed E-state index contributed by atoms with van der Waals surface area (Å²) in [5.41, 5.74) is -3.16. The number of fused-ring (bicyclic) bond motifs is 2. The quantitative estimate of drug-likeness (QED) is 0.266. The van der Waals surface area contributed by atoms with Crippen LogP contribution in [-0.2, 0) is 5.60 Å². The maximum atomic E-state index is 14.6. The zero-order chi connectivity index (χ0) is 30.7. The molecule has 1 amide bonds. The number of pyridine rings is 1. The Morgan fingerprint density at radius 3 is 2.56 bits per heavy atom. The third-order valence-corrected chi connectivity index (χ3v) is 7.83. The van der Waals surface area contributed by atoms with Crippen molar-refractivity contribution in [1.29, 1.82) is 0 Å². The molecule has 1 fully saturated rings. The molecule has 1 saturated carbocycles. The maximum Gasteiger partial charge on any atom is 0.424 e. The van der Waals surface area contributed by atoms with Crippen LogP contribution in [0.1, 0.15) is 53.3 Å². The molecule has 0 bridgehead atoms. The Labute approximate surface area is 243 Å². The van der Waals surface area contributed by atoms with Gasteiger partial charge in [0.05, 0.1) is 39.1 Å². The summed E-state index contributed by atoms with van der Waals surface area (Å²) in [4.78, 5) is 17.4. The molecule has 1 aliphatic heterocycles. The Morgan fingerprint density at radius 1 is 1.14 bits per heavy atom. The first-order chi connectivity index (χ1) is 20.4. The van der Waals surface area contributed by atoms with E-state index in [0.717, 1.165) is 25.0 Å². The van der Waals surface area contributed by atoms with E-state index >= 15 is 0 Å². The monoisotopic (exact) mass is 600 g/mol. The van der Waals surface area contributed by atoms with E-state index in [0.29, 0.717) is 22.2 Å². The van der Waals surface area contributed by atoms with E-state index < -0.39 is 35.7 Å². The number of hydrogen-bond acceptors (Lipinski definition) is 7. The van der Waals surface area contributed by atoms with E-state index in [2.05, 4.69) is 15.4 Å². The van der Waals surface area contributed by atoms with Gasteiger partial charge in [-0.1, -0.05) is 6.92 Å². The van der Waals surface area contributed by atoms with E-state index in [4.69, 9.17) is 14.2 Å². The molecule has 2 aromatic carbocycles. The minimum atomic E-state index is -5.24. The number of halogens is 4. The normalized spacial score (nSPS) is 17.7. The van der Waals surface area contributed by atoms with Crippen molar-refractivity contribution < 1.29 is 41.7 Å². The molecule has 2 atom stereocenters. The number of amides is 1. The van der Waals surface area contributed by atoms with Crippen LogP contribution in [0.5, 0.6) is 17.2 Å². The van der Waals surface area contributed by atoms with Gasteiger partial charge in [0, 0.05) is 34.2 Å². The second-order valence-corrected chi connectivity index (χ2v) is 10.8. The topological polar surface area (TPSA) is 108 Å². The third kappa shape index (κ3) is 5.01. The van der Waals surface area contributed by atoms with Crippen LogP contribution in [0.25, 0.3) is 22.2 Å². The lowest BCUT2D eigenvalue weighted by molar-refractivity contribution is -0.265. The minimum Gasteiger partial charge on any atom is -0.494 e. The van der Waals surface area contributed by atoms with Crippen LogP contribution in [0.15, 0.2) is 42.6 Å². The van der Waals surface area contributed by atoms with Crippen molar-refractivity contribution in [2.45, 2.75) is 43.5 Å². The predicted molar refractivity (Wildman–Crippen MR) is 147 cm³/mol. The van der Waals surface area contributed by atoms with Gasteiger partial charge in [0.2, 0.25) is 5.60 Å². The summed E-state index contributed by atoms with van der Waals surface area (Å²) >= 11 is 0. The summed E-state index contributed by atoms with van der Waals surface area (Å²) < 4.78 is 76.0. The first kappa shape index (κ1) is 28.7. The largest absolute Gasteiger partial charge is 0.494 e. The van der Waals surface area contributed by atoms with E-state index in [-0.39, 0.29) is 46.9 Å². The molecule has 2 aliphatic rings. The smallest absolute Gasteiger partial charge is 0.424 e. The third-order valence-electron chi connectivity index (χ3n) is 7.83. The van der Waals surface area contributed by atoms with Gasteiger partial charge in [-0.15, -0.1) is 0 Å². The lowest BCUT2D eigenvalue weighted by Crippen LogP contribution is -2.51. The van der Waals surface area contributed by atoms with E-state index in [9.17, 15) is 27.5 Å². The average Bonchev–Trinajstić information content (AvgIpc) is 3.64. The molecular weight excluding hydrogens is 572 g/mol. The molecule has 0 unspecified atom stereocenters. The van der Waals surface area contributed by atoms with Gasteiger partial charge in [0.25, 0.3) is 5.91 Å². The Balaban J connectivity index is 1.36. The number of alkyl halides is 3. The summed E-state index contributed by atoms with van der Waals surface area (Å²) in [5.74, 6) is -1.47. The first-order valence-corrected chi connectivity index (χ1v) is 13.6. The number of aliphatic hydroxyl groups is 1. The minimum absolute atomic E-state index is 0.0213. The molecule has 2 N–H and O–H groups in total. The van der Waals surface area contributed by atoms with Crippen LogP contribution in [-0.4, -0.2) is 59.3 Å². The van der Waals surface area contributed by atoms with Gasteiger partial charge in [-0.2, -0.15) is 18.3 Å². The number of carbonyl (C=O) groups excluding carboxylic acids is 1. The maximum absolute atomic E-state index is 14.6. The summed E-state index contributed by atoms with van der Waals surface area (Å²) in [6.45, 7) is 0.701. The van der Waals surface area contributed by atoms with Crippen molar-refractivity contribution in [2.24, 2.45) is 0 Å². The van der Waals surface area contributed by atoms with Gasteiger partial charge in [-0.3, -0.25) is 9.48 Å². The van der Waals surface area contributed by atoms with Gasteiger partial charge in [0.15, 0.2) is 11.6 Å². The fraction of sp³-hybridized carbons (Fsp3) is 0.367. The highest BCUT2D eigenvalue weighted by Gasteiger charge is 2.57. The van der Waals surface area contributed by atoms with Gasteiger partial charge >= 0.3 is 6.18 Å².